The molecular weight excluding hydrogens is 486 g/mol. The molecule has 0 amide bonds. The second-order valence-corrected chi connectivity index (χ2v) is 11.3. The number of rotatable bonds is 5. The third-order valence-corrected chi connectivity index (χ3v) is 8.42. The SMILES string of the molecule is CS(=O)(=O)N1CCC(Nc2ncc(F)c(-c3sc([C@H]4CCC[C@H]4O)nc3C(F)(F)F)n2)CC1. The number of hydrogen-bond donors (Lipinski definition) is 2. The van der Waals surface area contributed by atoms with Crippen molar-refractivity contribution in [3.8, 4) is 10.6 Å². The summed E-state index contributed by atoms with van der Waals surface area (Å²) < 4.78 is 80.4. The van der Waals surface area contributed by atoms with Gasteiger partial charge in [-0.05, 0) is 25.7 Å². The van der Waals surface area contributed by atoms with Crippen molar-refractivity contribution in [3.63, 3.8) is 0 Å². The number of hydrogen-bond acceptors (Lipinski definition) is 8. The van der Waals surface area contributed by atoms with E-state index in [2.05, 4.69) is 20.3 Å². The van der Waals surface area contributed by atoms with Gasteiger partial charge in [0.1, 0.15) is 5.69 Å². The minimum absolute atomic E-state index is 0.0480. The number of nitrogens with zero attached hydrogens (tertiary/aromatic N) is 4. The summed E-state index contributed by atoms with van der Waals surface area (Å²) in [7, 11) is -3.30. The van der Waals surface area contributed by atoms with Crippen LogP contribution in [0, 0.1) is 5.82 Å². The van der Waals surface area contributed by atoms with Crippen LogP contribution < -0.4 is 5.32 Å². The van der Waals surface area contributed by atoms with E-state index < -0.39 is 50.3 Å². The van der Waals surface area contributed by atoms with E-state index in [0.717, 1.165) is 12.5 Å². The summed E-state index contributed by atoms with van der Waals surface area (Å²) in [5.74, 6) is -1.58. The monoisotopic (exact) mass is 509 g/mol. The number of aromatic nitrogens is 3. The van der Waals surface area contributed by atoms with Crippen molar-refractivity contribution in [3.05, 3.63) is 22.7 Å². The van der Waals surface area contributed by atoms with Crippen LogP contribution in [0.3, 0.4) is 0 Å². The fourth-order valence-electron chi connectivity index (χ4n) is 4.19. The predicted octanol–water partition coefficient (Wildman–Crippen LogP) is 3.22. The predicted molar refractivity (Wildman–Crippen MR) is 114 cm³/mol. The van der Waals surface area contributed by atoms with Gasteiger partial charge in [0, 0.05) is 25.0 Å². The molecule has 3 heterocycles. The normalized spacial score (nSPS) is 23.2. The molecule has 8 nitrogen and oxygen atoms in total. The molecule has 4 rings (SSSR count). The van der Waals surface area contributed by atoms with Gasteiger partial charge in [-0.25, -0.2) is 32.1 Å². The highest BCUT2D eigenvalue weighted by Crippen LogP contribution is 2.45. The first kappa shape index (κ1) is 24.2. The summed E-state index contributed by atoms with van der Waals surface area (Å²) in [6, 6.07) is -0.214. The Morgan fingerprint density at radius 3 is 2.45 bits per heavy atom. The molecule has 0 unspecified atom stereocenters. The van der Waals surface area contributed by atoms with Crippen molar-refractivity contribution in [1.29, 1.82) is 0 Å². The number of piperidine rings is 1. The lowest BCUT2D eigenvalue weighted by molar-refractivity contribution is -0.140. The van der Waals surface area contributed by atoms with Gasteiger partial charge in [0.05, 0.1) is 28.4 Å². The average molecular weight is 510 g/mol. The van der Waals surface area contributed by atoms with Crippen molar-refractivity contribution in [2.45, 2.75) is 56.3 Å². The van der Waals surface area contributed by atoms with E-state index in [1.54, 1.807) is 0 Å². The second-order valence-electron chi connectivity index (χ2n) is 8.30. The molecule has 2 aromatic heterocycles. The van der Waals surface area contributed by atoms with Gasteiger partial charge in [0.15, 0.2) is 11.5 Å². The molecule has 33 heavy (non-hydrogen) atoms. The summed E-state index contributed by atoms with van der Waals surface area (Å²) >= 11 is 0.690. The first-order valence-corrected chi connectivity index (χ1v) is 13.1. The molecule has 0 bridgehead atoms. The minimum Gasteiger partial charge on any atom is -0.392 e. The second kappa shape index (κ2) is 9.04. The topological polar surface area (TPSA) is 108 Å². The van der Waals surface area contributed by atoms with Gasteiger partial charge in [-0.1, -0.05) is 6.42 Å². The number of thiazole rings is 1. The lowest BCUT2D eigenvalue weighted by Crippen LogP contribution is -2.42. The molecule has 2 N–H and O–H groups in total. The maximum absolute atomic E-state index is 14.6. The van der Waals surface area contributed by atoms with Crippen LogP contribution in [0.25, 0.3) is 10.6 Å². The van der Waals surface area contributed by atoms with Crippen LogP contribution in [0.4, 0.5) is 23.5 Å². The van der Waals surface area contributed by atoms with Gasteiger partial charge < -0.3 is 10.4 Å². The van der Waals surface area contributed by atoms with Crippen LogP contribution in [-0.4, -0.2) is 64.3 Å². The molecular formula is C19H23F4N5O3S2. The number of aliphatic hydroxyl groups excluding tert-OH is 1. The van der Waals surface area contributed by atoms with Crippen molar-refractivity contribution < 1.29 is 31.1 Å². The number of sulfonamides is 1. The summed E-state index contributed by atoms with van der Waals surface area (Å²) in [4.78, 5) is 11.1. The van der Waals surface area contributed by atoms with Crippen LogP contribution >= 0.6 is 11.3 Å². The zero-order chi connectivity index (χ0) is 24.0. The summed E-state index contributed by atoms with van der Waals surface area (Å²) in [5.41, 5.74) is -1.74. The molecule has 14 heteroatoms. The van der Waals surface area contributed by atoms with E-state index in [9.17, 15) is 31.1 Å². The first-order chi connectivity index (χ1) is 15.4. The zero-order valence-corrected chi connectivity index (χ0v) is 19.3. The Balaban J connectivity index is 1.61. The van der Waals surface area contributed by atoms with Crippen molar-refractivity contribution in [1.82, 2.24) is 19.3 Å². The number of nitrogens with one attached hydrogen (secondary N) is 1. The van der Waals surface area contributed by atoms with Gasteiger partial charge >= 0.3 is 6.18 Å². The lowest BCUT2D eigenvalue weighted by atomic mass is 10.1. The van der Waals surface area contributed by atoms with E-state index in [0.29, 0.717) is 43.4 Å². The van der Waals surface area contributed by atoms with Gasteiger partial charge in [0.25, 0.3) is 0 Å². The fourth-order valence-corrected chi connectivity index (χ4v) is 6.33. The molecule has 2 aromatic rings. The third-order valence-electron chi connectivity index (χ3n) is 5.92. The zero-order valence-electron chi connectivity index (χ0n) is 17.6. The maximum atomic E-state index is 14.6. The van der Waals surface area contributed by atoms with Crippen molar-refractivity contribution >= 4 is 27.3 Å². The average Bonchev–Trinajstić information content (AvgIpc) is 3.35. The molecule has 0 aromatic carbocycles. The smallest absolute Gasteiger partial charge is 0.392 e. The Hall–Kier alpha value is -1.90. The highest BCUT2D eigenvalue weighted by Gasteiger charge is 2.41. The fraction of sp³-hybridized carbons (Fsp3) is 0.632. The van der Waals surface area contributed by atoms with Crippen LogP contribution in [-0.2, 0) is 16.2 Å². The lowest BCUT2D eigenvalue weighted by Gasteiger charge is -2.30. The summed E-state index contributed by atoms with van der Waals surface area (Å²) in [6.45, 7) is 0.565. The highest BCUT2D eigenvalue weighted by molar-refractivity contribution is 7.88. The van der Waals surface area contributed by atoms with Crippen LogP contribution in [0.5, 0.6) is 0 Å². The van der Waals surface area contributed by atoms with Crippen LogP contribution in [0.1, 0.15) is 48.7 Å². The summed E-state index contributed by atoms with van der Waals surface area (Å²) in [6.07, 6.45) is -1.11. The molecule has 0 spiro atoms. The Labute approximate surface area is 192 Å². The third kappa shape index (κ3) is 5.28. The molecule has 182 valence electrons. The van der Waals surface area contributed by atoms with E-state index in [1.165, 1.54) is 4.31 Å². The molecule has 1 aliphatic carbocycles. The van der Waals surface area contributed by atoms with Gasteiger partial charge in [-0.15, -0.1) is 11.3 Å². The number of halogens is 4. The van der Waals surface area contributed by atoms with Crippen molar-refractivity contribution in [2.24, 2.45) is 0 Å². The number of anilines is 1. The maximum Gasteiger partial charge on any atom is 0.434 e. The molecule has 1 saturated heterocycles. The number of alkyl halides is 3. The molecule has 2 atom stereocenters. The molecule has 1 aliphatic heterocycles. The van der Waals surface area contributed by atoms with E-state index in [-0.39, 0.29) is 30.1 Å². The molecule has 1 saturated carbocycles. The first-order valence-electron chi connectivity index (χ1n) is 10.4. The number of aliphatic hydroxyl groups is 1. The highest BCUT2D eigenvalue weighted by atomic mass is 32.2. The largest absolute Gasteiger partial charge is 0.434 e. The van der Waals surface area contributed by atoms with E-state index in [1.807, 2.05) is 0 Å². The Morgan fingerprint density at radius 2 is 1.88 bits per heavy atom. The van der Waals surface area contributed by atoms with Crippen LogP contribution in [0.15, 0.2) is 6.20 Å². The Kier molecular flexibility index (Phi) is 6.64. The van der Waals surface area contributed by atoms with Crippen LogP contribution in [0.2, 0.25) is 0 Å². The summed E-state index contributed by atoms with van der Waals surface area (Å²) in [5, 5.41) is 13.2. The Morgan fingerprint density at radius 1 is 1.18 bits per heavy atom. The standard InChI is InChI=1S/C19H23F4N5O3S2/c1-33(30,31)28-7-5-10(6-8-28)25-18-24-9-12(20)14(26-18)15-16(19(21,22)23)27-17(32-15)11-3-2-4-13(11)29/h9-11,13,29H,2-8H2,1H3,(H,24,25,26)/t11-,13+/m0/s1. The van der Waals surface area contributed by atoms with Crippen molar-refractivity contribution in [2.75, 3.05) is 24.7 Å². The molecule has 2 aliphatic rings. The quantitative estimate of drug-likeness (QED) is 0.596. The van der Waals surface area contributed by atoms with E-state index in [4.69, 9.17) is 0 Å². The van der Waals surface area contributed by atoms with Gasteiger partial charge in [0.2, 0.25) is 16.0 Å². The van der Waals surface area contributed by atoms with Gasteiger partial charge in [-0.2, -0.15) is 13.2 Å². The van der Waals surface area contributed by atoms with E-state index >= 15 is 0 Å². The van der Waals surface area contributed by atoms with Gasteiger partial charge in [-0.3, -0.25) is 0 Å². The minimum atomic E-state index is -4.82. The molecule has 2 fully saturated rings. The Bertz CT molecular complexity index is 1120. The molecule has 0 radical (unpaired) electrons.